The zero-order valence-corrected chi connectivity index (χ0v) is 14.5. The molecule has 3 aromatic rings. The molecule has 0 aliphatic rings. The Labute approximate surface area is 149 Å². The Hall–Kier alpha value is -2.24. The molecule has 0 aliphatic heterocycles. The van der Waals surface area contributed by atoms with Crippen LogP contribution in [0.4, 0.5) is 0 Å². The molecule has 1 heterocycles. The topological polar surface area (TPSA) is 55.1 Å². The Kier molecular flexibility index (Phi) is 4.92. The van der Waals surface area contributed by atoms with Gasteiger partial charge in [-0.3, -0.25) is 4.79 Å². The van der Waals surface area contributed by atoms with E-state index in [0.717, 1.165) is 21.7 Å². The van der Waals surface area contributed by atoms with Gasteiger partial charge in [0, 0.05) is 21.7 Å². The van der Waals surface area contributed by atoms with Crippen molar-refractivity contribution in [2.24, 2.45) is 0 Å². The van der Waals surface area contributed by atoms with Gasteiger partial charge in [0.05, 0.1) is 17.8 Å². The third kappa shape index (κ3) is 3.63. The fraction of sp³-hybridized carbons (Fsp3) is 0.111. The summed E-state index contributed by atoms with van der Waals surface area (Å²) in [5, 5.41) is 14.3. The van der Waals surface area contributed by atoms with Gasteiger partial charge in [-0.1, -0.05) is 23.7 Å². The highest BCUT2D eigenvalue weighted by Gasteiger charge is 2.15. The largest absolute Gasteiger partial charge is 0.481 e. The number of halogens is 1. The van der Waals surface area contributed by atoms with Gasteiger partial charge in [0.1, 0.15) is 0 Å². The Morgan fingerprint density at radius 1 is 1.17 bits per heavy atom. The van der Waals surface area contributed by atoms with Gasteiger partial charge < -0.3 is 5.11 Å². The summed E-state index contributed by atoms with van der Waals surface area (Å²) in [5.74, 6) is -0.909. The number of thioether (sulfide) groups is 1. The minimum Gasteiger partial charge on any atom is -0.481 e. The normalized spacial score (nSPS) is 10.8. The second kappa shape index (κ2) is 7.11. The van der Waals surface area contributed by atoms with Gasteiger partial charge in [0.15, 0.2) is 0 Å². The quantitative estimate of drug-likeness (QED) is 0.680. The molecule has 0 radical (unpaired) electrons. The SMILES string of the molecule is CSc1ccc(-n2cc(-c3ccc(Cl)cc3)c(CC(=O)O)n2)cc1. The highest BCUT2D eigenvalue weighted by atomic mass is 35.5. The molecule has 4 nitrogen and oxygen atoms in total. The predicted molar refractivity (Wildman–Crippen MR) is 97.1 cm³/mol. The molecule has 0 unspecified atom stereocenters. The number of carboxylic acid groups (broad SMARTS) is 1. The Morgan fingerprint density at radius 3 is 2.42 bits per heavy atom. The van der Waals surface area contributed by atoms with Crippen LogP contribution in [-0.4, -0.2) is 27.1 Å². The highest BCUT2D eigenvalue weighted by Crippen LogP contribution is 2.27. The van der Waals surface area contributed by atoms with Gasteiger partial charge in [0.2, 0.25) is 0 Å². The number of carboxylic acids is 1. The van der Waals surface area contributed by atoms with Crippen LogP contribution in [0, 0.1) is 0 Å². The molecule has 122 valence electrons. The van der Waals surface area contributed by atoms with E-state index in [-0.39, 0.29) is 6.42 Å². The zero-order chi connectivity index (χ0) is 17.1. The average Bonchev–Trinajstić information content (AvgIpc) is 2.98. The van der Waals surface area contributed by atoms with Gasteiger partial charge in [-0.15, -0.1) is 11.8 Å². The average molecular weight is 359 g/mol. The first-order valence-corrected chi connectivity index (χ1v) is 8.88. The molecule has 0 saturated carbocycles. The number of aliphatic carboxylic acids is 1. The summed E-state index contributed by atoms with van der Waals surface area (Å²) in [6, 6.07) is 15.3. The molecular formula is C18H15ClN2O2S. The van der Waals surface area contributed by atoms with Gasteiger partial charge in [-0.05, 0) is 48.2 Å². The summed E-state index contributed by atoms with van der Waals surface area (Å²) in [6.45, 7) is 0. The van der Waals surface area contributed by atoms with Gasteiger partial charge in [-0.25, -0.2) is 4.68 Å². The van der Waals surface area contributed by atoms with Crippen LogP contribution >= 0.6 is 23.4 Å². The van der Waals surface area contributed by atoms with E-state index in [2.05, 4.69) is 5.10 Å². The van der Waals surface area contributed by atoms with Gasteiger partial charge >= 0.3 is 5.97 Å². The molecule has 24 heavy (non-hydrogen) atoms. The molecule has 0 saturated heterocycles. The van der Waals surface area contributed by atoms with Crippen LogP contribution in [-0.2, 0) is 11.2 Å². The number of carbonyl (C=O) groups is 1. The summed E-state index contributed by atoms with van der Waals surface area (Å²) >= 11 is 7.60. The first-order valence-electron chi connectivity index (χ1n) is 7.27. The van der Waals surface area contributed by atoms with Crippen molar-refractivity contribution in [1.82, 2.24) is 9.78 Å². The minimum atomic E-state index is -0.909. The van der Waals surface area contributed by atoms with E-state index in [9.17, 15) is 4.79 Å². The standard InChI is InChI=1S/C18H15ClN2O2S/c1-24-15-8-6-14(7-9-15)21-11-16(17(20-21)10-18(22)23)12-2-4-13(19)5-3-12/h2-9,11H,10H2,1H3,(H,22,23). The molecule has 6 heteroatoms. The number of aromatic nitrogens is 2. The lowest BCUT2D eigenvalue weighted by atomic mass is 10.1. The molecule has 3 rings (SSSR count). The third-order valence-electron chi connectivity index (χ3n) is 3.60. The summed E-state index contributed by atoms with van der Waals surface area (Å²) in [6.07, 6.45) is 3.75. The minimum absolute atomic E-state index is 0.131. The summed E-state index contributed by atoms with van der Waals surface area (Å²) in [5.41, 5.74) is 3.10. The van der Waals surface area contributed by atoms with E-state index in [0.29, 0.717) is 10.7 Å². The summed E-state index contributed by atoms with van der Waals surface area (Å²) in [7, 11) is 0. The van der Waals surface area contributed by atoms with Crippen LogP contribution in [0.3, 0.4) is 0 Å². The lowest BCUT2D eigenvalue weighted by molar-refractivity contribution is -0.136. The van der Waals surface area contributed by atoms with Crippen molar-refractivity contribution in [3.8, 4) is 16.8 Å². The van der Waals surface area contributed by atoms with Crippen LogP contribution in [0.2, 0.25) is 5.02 Å². The van der Waals surface area contributed by atoms with E-state index in [1.165, 1.54) is 0 Å². The lowest BCUT2D eigenvalue weighted by Crippen LogP contribution is -2.03. The number of hydrogen-bond acceptors (Lipinski definition) is 3. The van der Waals surface area contributed by atoms with Crippen LogP contribution in [0.5, 0.6) is 0 Å². The first-order chi connectivity index (χ1) is 11.6. The second-order valence-electron chi connectivity index (χ2n) is 5.21. The van der Waals surface area contributed by atoms with Gasteiger partial charge in [0.25, 0.3) is 0 Å². The number of nitrogens with zero attached hydrogens (tertiary/aromatic N) is 2. The Bertz CT molecular complexity index is 858. The van der Waals surface area contributed by atoms with E-state index in [4.69, 9.17) is 16.7 Å². The first kappa shape index (κ1) is 16.6. The van der Waals surface area contributed by atoms with Crippen molar-refractivity contribution >= 4 is 29.3 Å². The molecule has 2 aromatic carbocycles. The van der Waals surface area contributed by atoms with Crippen LogP contribution in [0.15, 0.2) is 59.6 Å². The molecule has 0 fully saturated rings. The Morgan fingerprint density at radius 2 is 1.83 bits per heavy atom. The van der Waals surface area contributed by atoms with Crippen molar-refractivity contribution in [2.45, 2.75) is 11.3 Å². The van der Waals surface area contributed by atoms with Crippen LogP contribution in [0.25, 0.3) is 16.8 Å². The molecule has 0 bridgehead atoms. The van der Waals surface area contributed by atoms with Crippen molar-refractivity contribution < 1.29 is 9.90 Å². The van der Waals surface area contributed by atoms with E-state index in [1.54, 1.807) is 28.6 Å². The van der Waals surface area contributed by atoms with Crippen LogP contribution < -0.4 is 0 Å². The maximum absolute atomic E-state index is 11.2. The van der Waals surface area contributed by atoms with E-state index in [1.807, 2.05) is 48.9 Å². The summed E-state index contributed by atoms with van der Waals surface area (Å²) in [4.78, 5) is 12.3. The molecule has 1 aromatic heterocycles. The highest BCUT2D eigenvalue weighted by molar-refractivity contribution is 7.98. The van der Waals surface area contributed by atoms with Crippen molar-refractivity contribution in [2.75, 3.05) is 6.26 Å². The molecule has 0 spiro atoms. The van der Waals surface area contributed by atoms with Crippen molar-refractivity contribution in [3.05, 3.63) is 65.4 Å². The number of hydrogen-bond donors (Lipinski definition) is 1. The maximum Gasteiger partial charge on any atom is 0.309 e. The fourth-order valence-corrected chi connectivity index (χ4v) is 2.96. The zero-order valence-electron chi connectivity index (χ0n) is 12.9. The van der Waals surface area contributed by atoms with Crippen LogP contribution in [0.1, 0.15) is 5.69 Å². The molecule has 0 atom stereocenters. The second-order valence-corrected chi connectivity index (χ2v) is 6.53. The molecule has 1 N–H and O–H groups in total. The maximum atomic E-state index is 11.2. The molecule has 0 aliphatic carbocycles. The third-order valence-corrected chi connectivity index (χ3v) is 4.60. The number of rotatable bonds is 5. The Balaban J connectivity index is 2.04. The van der Waals surface area contributed by atoms with Crippen molar-refractivity contribution in [1.29, 1.82) is 0 Å². The number of benzene rings is 2. The lowest BCUT2D eigenvalue weighted by Gasteiger charge is -2.02. The van der Waals surface area contributed by atoms with Crippen molar-refractivity contribution in [3.63, 3.8) is 0 Å². The molecular weight excluding hydrogens is 344 g/mol. The summed E-state index contributed by atoms with van der Waals surface area (Å²) < 4.78 is 1.71. The molecule has 0 amide bonds. The van der Waals surface area contributed by atoms with Gasteiger partial charge in [-0.2, -0.15) is 5.10 Å². The van der Waals surface area contributed by atoms with E-state index >= 15 is 0 Å². The monoisotopic (exact) mass is 358 g/mol. The van der Waals surface area contributed by atoms with E-state index < -0.39 is 5.97 Å². The predicted octanol–water partition coefficient (Wildman–Crippen LogP) is 4.54. The smallest absolute Gasteiger partial charge is 0.309 e. The fourth-order valence-electron chi connectivity index (χ4n) is 2.42.